The van der Waals surface area contributed by atoms with Gasteiger partial charge in [0, 0.05) is 11.6 Å². The number of benzene rings is 1. The van der Waals surface area contributed by atoms with Gasteiger partial charge in [0.05, 0.1) is 5.56 Å². The van der Waals surface area contributed by atoms with Gasteiger partial charge in [-0.15, -0.1) is 0 Å². The lowest BCUT2D eigenvalue weighted by Crippen LogP contribution is -2.08. The van der Waals surface area contributed by atoms with Crippen LogP contribution in [0.1, 0.15) is 11.1 Å². The topological polar surface area (TPSA) is 67.8 Å². The van der Waals surface area contributed by atoms with Crippen molar-refractivity contribution in [1.82, 2.24) is 0 Å². The van der Waals surface area contributed by atoms with Gasteiger partial charge in [-0.1, -0.05) is 0 Å². The Morgan fingerprint density at radius 1 is 1.22 bits per heavy atom. The first kappa shape index (κ1) is 13.5. The van der Waals surface area contributed by atoms with Crippen LogP contribution < -0.4 is 0 Å². The lowest BCUT2D eigenvalue weighted by atomic mass is 10.1. The van der Waals surface area contributed by atoms with E-state index in [4.69, 9.17) is 10.5 Å². The second-order valence-electron chi connectivity index (χ2n) is 3.17. The van der Waals surface area contributed by atoms with E-state index in [1.165, 1.54) is 12.1 Å². The molecule has 0 saturated heterocycles. The van der Waals surface area contributed by atoms with Crippen molar-refractivity contribution in [1.29, 1.82) is 10.5 Å². The maximum atomic E-state index is 13.0. The summed E-state index contributed by atoms with van der Waals surface area (Å²) in [7, 11) is 0. The summed E-state index contributed by atoms with van der Waals surface area (Å²) in [5.41, 5.74) is -2.55. The van der Waals surface area contributed by atoms with E-state index >= 15 is 0 Å². The van der Waals surface area contributed by atoms with Crippen LogP contribution in [0.2, 0.25) is 0 Å². The largest absolute Gasteiger partial charge is 0.507 e. The maximum Gasteiger partial charge on any atom is 0.419 e. The van der Waals surface area contributed by atoms with Gasteiger partial charge in [0.15, 0.2) is 0 Å². The van der Waals surface area contributed by atoms with E-state index in [1.54, 1.807) is 0 Å². The Morgan fingerprint density at radius 3 is 2.22 bits per heavy atom. The van der Waals surface area contributed by atoms with Gasteiger partial charge in [-0.2, -0.15) is 23.7 Å². The Morgan fingerprint density at radius 2 is 1.78 bits per heavy atom. The number of halogens is 4. The van der Waals surface area contributed by atoms with Crippen LogP contribution >= 0.6 is 0 Å². The van der Waals surface area contributed by atoms with Crippen LogP contribution in [0.15, 0.2) is 17.7 Å². The molecule has 92 valence electrons. The minimum atomic E-state index is -4.93. The molecule has 18 heavy (non-hydrogen) atoms. The second kappa shape index (κ2) is 4.76. The van der Waals surface area contributed by atoms with Crippen molar-refractivity contribution in [2.24, 2.45) is 0 Å². The quantitative estimate of drug-likeness (QED) is 0.620. The number of phenolic OH excluding ortho intramolecular Hbond substituents is 1. The predicted molar refractivity (Wildman–Crippen MR) is 52.3 cm³/mol. The molecule has 0 spiro atoms. The minimum absolute atomic E-state index is 0.279. The van der Waals surface area contributed by atoms with E-state index in [0.29, 0.717) is 6.07 Å². The van der Waals surface area contributed by atoms with Crippen LogP contribution in [0.3, 0.4) is 0 Å². The first-order valence-electron chi connectivity index (χ1n) is 4.41. The third-order valence-corrected chi connectivity index (χ3v) is 1.96. The molecule has 0 heterocycles. The number of allylic oxidation sites excluding steroid dienone is 1. The van der Waals surface area contributed by atoms with Gasteiger partial charge >= 0.3 is 6.18 Å². The fraction of sp³-hybridized carbons (Fsp3) is 0.0909. The standard InChI is InChI=1S/C11H4F4N2O/c12-9-3-10(18)7(1-6(4-16)5-17)2-8(9)11(13,14)15/h1-3,18H. The Kier molecular flexibility index (Phi) is 3.58. The van der Waals surface area contributed by atoms with Crippen molar-refractivity contribution >= 4 is 6.08 Å². The van der Waals surface area contributed by atoms with Crippen molar-refractivity contribution in [2.45, 2.75) is 6.18 Å². The van der Waals surface area contributed by atoms with Gasteiger partial charge in [0.25, 0.3) is 0 Å². The van der Waals surface area contributed by atoms with E-state index in [-0.39, 0.29) is 6.07 Å². The third kappa shape index (κ3) is 2.77. The van der Waals surface area contributed by atoms with Gasteiger partial charge in [-0.3, -0.25) is 0 Å². The highest BCUT2D eigenvalue weighted by Gasteiger charge is 2.34. The molecule has 3 nitrogen and oxygen atoms in total. The second-order valence-corrected chi connectivity index (χ2v) is 3.17. The number of hydrogen-bond donors (Lipinski definition) is 1. The smallest absolute Gasteiger partial charge is 0.419 e. The fourth-order valence-corrected chi connectivity index (χ4v) is 1.16. The summed E-state index contributed by atoms with van der Waals surface area (Å²) in [4.78, 5) is 0. The molecule has 0 aliphatic rings. The van der Waals surface area contributed by atoms with Crippen molar-refractivity contribution in [2.75, 3.05) is 0 Å². The third-order valence-electron chi connectivity index (χ3n) is 1.96. The number of nitrogens with zero attached hydrogens (tertiary/aromatic N) is 2. The summed E-state index contributed by atoms with van der Waals surface area (Å²) < 4.78 is 50.2. The number of nitriles is 2. The Hall–Kier alpha value is -2.54. The summed E-state index contributed by atoms with van der Waals surface area (Å²) in [6.45, 7) is 0. The number of phenols is 1. The van der Waals surface area contributed by atoms with Crippen LogP contribution in [-0.4, -0.2) is 5.11 Å². The first-order chi connectivity index (χ1) is 8.29. The van der Waals surface area contributed by atoms with E-state index < -0.39 is 34.4 Å². The normalized spacial score (nSPS) is 10.3. The Balaban J connectivity index is 3.46. The zero-order chi connectivity index (χ0) is 13.9. The summed E-state index contributed by atoms with van der Waals surface area (Å²) in [5.74, 6) is -2.42. The zero-order valence-corrected chi connectivity index (χ0v) is 8.59. The summed E-state index contributed by atoms with van der Waals surface area (Å²) in [6.07, 6.45) is -4.19. The molecule has 0 bridgehead atoms. The van der Waals surface area contributed by atoms with Crippen LogP contribution in [-0.2, 0) is 6.18 Å². The fourth-order valence-electron chi connectivity index (χ4n) is 1.16. The summed E-state index contributed by atoms with van der Waals surface area (Å²) >= 11 is 0. The van der Waals surface area contributed by atoms with Gasteiger partial charge < -0.3 is 5.11 Å². The molecular weight excluding hydrogens is 252 g/mol. The van der Waals surface area contributed by atoms with E-state index in [1.807, 2.05) is 0 Å². The van der Waals surface area contributed by atoms with E-state index in [2.05, 4.69) is 0 Å². The molecule has 1 N–H and O–H groups in total. The number of alkyl halides is 3. The first-order valence-corrected chi connectivity index (χ1v) is 4.41. The maximum absolute atomic E-state index is 13.0. The number of rotatable bonds is 1. The molecule has 0 aromatic heterocycles. The highest BCUT2D eigenvalue weighted by Crippen LogP contribution is 2.35. The van der Waals surface area contributed by atoms with Gasteiger partial charge in [0.2, 0.25) is 0 Å². The monoisotopic (exact) mass is 256 g/mol. The number of aromatic hydroxyl groups is 1. The molecule has 0 atom stereocenters. The molecule has 0 aliphatic carbocycles. The Bertz CT molecular complexity index is 575. The lowest BCUT2D eigenvalue weighted by molar-refractivity contribution is -0.140. The molecule has 0 fully saturated rings. The highest BCUT2D eigenvalue weighted by molar-refractivity contribution is 5.66. The lowest BCUT2D eigenvalue weighted by Gasteiger charge is -2.09. The predicted octanol–water partition coefficient (Wildman–Crippen LogP) is 2.98. The molecule has 0 unspecified atom stereocenters. The molecule has 0 saturated carbocycles. The highest BCUT2D eigenvalue weighted by atomic mass is 19.4. The van der Waals surface area contributed by atoms with Crippen LogP contribution in [0.5, 0.6) is 5.75 Å². The van der Waals surface area contributed by atoms with Crippen molar-refractivity contribution in [3.05, 3.63) is 34.6 Å². The molecule has 1 aromatic rings. The van der Waals surface area contributed by atoms with Crippen LogP contribution in [0, 0.1) is 28.5 Å². The van der Waals surface area contributed by atoms with Crippen LogP contribution in [0.4, 0.5) is 17.6 Å². The summed E-state index contributed by atoms with van der Waals surface area (Å²) in [5, 5.41) is 26.1. The van der Waals surface area contributed by atoms with Gasteiger partial charge in [0.1, 0.15) is 29.3 Å². The molecule has 1 aromatic carbocycles. The van der Waals surface area contributed by atoms with E-state index in [9.17, 15) is 22.7 Å². The van der Waals surface area contributed by atoms with E-state index in [0.717, 1.165) is 6.08 Å². The average molecular weight is 256 g/mol. The molecule has 0 amide bonds. The SMILES string of the molecule is N#CC(C#N)=Cc1cc(C(F)(F)F)c(F)cc1O. The average Bonchev–Trinajstić information content (AvgIpc) is 2.26. The Labute approximate surface area is 98.8 Å². The van der Waals surface area contributed by atoms with Crippen LogP contribution in [0.25, 0.3) is 6.08 Å². The van der Waals surface area contributed by atoms with Gasteiger partial charge in [-0.05, 0) is 12.1 Å². The number of hydrogen-bond acceptors (Lipinski definition) is 3. The molecule has 0 aliphatic heterocycles. The molecular formula is C11H4F4N2O. The minimum Gasteiger partial charge on any atom is -0.507 e. The molecule has 1 rings (SSSR count). The zero-order valence-electron chi connectivity index (χ0n) is 8.59. The molecule has 7 heteroatoms. The van der Waals surface area contributed by atoms with Crippen molar-refractivity contribution in [3.63, 3.8) is 0 Å². The van der Waals surface area contributed by atoms with Crippen molar-refractivity contribution < 1.29 is 22.7 Å². The molecule has 0 radical (unpaired) electrons. The van der Waals surface area contributed by atoms with Crippen molar-refractivity contribution in [3.8, 4) is 17.9 Å². The van der Waals surface area contributed by atoms with Gasteiger partial charge in [-0.25, -0.2) is 4.39 Å². The summed E-state index contributed by atoms with van der Waals surface area (Å²) in [6, 6.07) is 3.44.